The number of rotatable bonds is 4. The van der Waals surface area contributed by atoms with Gasteiger partial charge in [-0.3, -0.25) is 4.79 Å². The maximum absolute atomic E-state index is 12.3. The number of carbonyl (C=O) groups is 1. The standard InChI is InChI=1S/C17H18N2OS2/c1-10(2)15-9-18-17(22-15)19-16(20)8-14-11(3)12-6-4-5-7-13(12)21-14/h4-7,9-10H,8H2,1-3H3,(H,18,19,20). The van der Waals surface area contributed by atoms with Gasteiger partial charge in [-0.15, -0.1) is 22.7 Å². The Labute approximate surface area is 138 Å². The highest BCUT2D eigenvalue weighted by atomic mass is 32.1. The Bertz CT molecular complexity index is 817. The van der Waals surface area contributed by atoms with E-state index in [1.807, 2.05) is 18.3 Å². The van der Waals surface area contributed by atoms with E-state index in [0.717, 1.165) is 4.88 Å². The first kappa shape index (κ1) is 15.2. The Morgan fingerprint density at radius 1 is 1.27 bits per heavy atom. The van der Waals surface area contributed by atoms with E-state index in [-0.39, 0.29) is 5.91 Å². The molecule has 0 fully saturated rings. The molecule has 0 atom stereocenters. The van der Waals surface area contributed by atoms with Gasteiger partial charge in [-0.1, -0.05) is 32.0 Å². The van der Waals surface area contributed by atoms with Crippen molar-refractivity contribution in [3.8, 4) is 0 Å². The third kappa shape index (κ3) is 3.05. The maximum atomic E-state index is 12.3. The van der Waals surface area contributed by atoms with Crippen molar-refractivity contribution in [2.24, 2.45) is 0 Å². The molecule has 114 valence electrons. The Morgan fingerprint density at radius 3 is 2.73 bits per heavy atom. The molecule has 3 nitrogen and oxygen atoms in total. The molecule has 22 heavy (non-hydrogen) atoms. The largest absolute Gasteiger partial charge is 0.302 e. The molecule has 0 bridgehead atoms. The van der Waals surface area contributed by atoms with Crippen molar-refractivity contribution in [3.05, 3.63) is 45.8 Å². The zero-order chi connectivity index (χ0) is 15.7. The molecule has 0 saturated heterocycles. The number of hydrogen-bond donors (Lipinski definition) is 1. The van der Waals surface area contributed by atoms with Crippen LogP contribution in [0.2, 0.25) is 0 Å². The Hall–Kier alpha value is -1.72. The van der Waals surface area contributed by atoms with Crippen molar-refractivity contribution in [1.29, 1.82) is 0 Å². The average Bonchev–Trinajstić information content (AvgIpc) is 3.06. The van der Waals surface area contributed by atoms with Crippen molar-refractivity contribution >= 4 is 43.8 Å². The molecule has 1 amide bonds. The summed E-state index contributed by atoms with van der Waals surface area (Å²) < 4.78 is 1.24. The molecule has 0 saturated carbocycles. The molecule has 0 unspecified atom stereocenters. The van der Waals surface area contributed by atoms with E-state index in [0.29, 0.717) is 17.5 Å². The van der Waals surface area contributed by atoms with E-state index >= 15 is 0 Å². The summed E-state index contributed by atoms with van der Waals surface area (Å²) >= 11 is 3.24. The first-order valence-electron chi connectivity index (χ1n) is 7.27. The van der Waals surface area contributed by atoms with E-state index in [1.54, 1.807) is 22.7 Å². The van der Waals surface area contributed by atoms with E-state index in [2.05, 4.69) is 43.2 Å². The van der Waals surface area contributed by atoms with Gasteiger partial charge in [-0.05, 0) is 29.9 Å². The monoisotopic (exact) mass is 330 g/mol. The number of carbonyl (C=O) groups excluding carboxylic acids is 1. The molecule has 1 aromatic carbocycles. The summed E-state index contributed by atoms with van der Waals surface area (Å²) in [6.45, 7) is 6.33. The van der Waals surface area contributed by atoms with Crippen LogP contribution in [0.1, 0.15) is 35.1 Å². The summed E-state index contributed by atoms with van der Waals surface area (Å²) in [6.07, 6.45) is 2.25. The van der Waals surface area contributed by atoms with Crippen LogP contribution >= 0.6 is 22.7 Å². The minimum Gasteiger partial charge on any atom is -0.302 e. The minimum absolute atomic E-state index is 0.000637. The first-order valence-corrected chi connectivity index (χ1v) is 8.90. The number of aromatic nitrogens is 1. The zero-order valence-electron chi connectivity index (χ0n) is 12.8. The predicted molar refractivity (Wildman–Crippen MR) is 95.1 cm³/mol. The van der Waals surface area contributed by atoms with Gasteiger partial charge in [0.25, 0.3) is 0 Å². The van der Waals surface area contributed by atoms with Gasteiger partial charge in [0.1, 0.15) is 0 Å². The fraction of sp³-hybridized carbons (Fsp3) is 0.294. The summed E-state index contributed by atoms with van der Waals surface area (Å²) in [5.74, 6) is 0.437. The summed E-state index contributed by atoms with van der Waals surface area (Å²) in [7, 11) is 0. The molecule has 0 spiro atoms. The molecule has 1 N–H and O–H groups in total. The van der Waals surface area contributed by atoms with E-state index in [4.69, 9.17) is 0 Å². The number of amides is 1. The average molecular weight is 330 g/mol. The van der Waals surface area contributed by atoms with Gasteiger partial charge < -0.3 is 5.32 Å². The molecular formula is C17H18N2OS2. The van der Waals surface area contributed by atoms with Gasteiger partial charge in [-0.2, -0.15) is 0 Å². The molecular weight excluding hydrogens is 312 g/mol. The molecule has 0 radical (unpaired) electrons. The van der Waals surface area contributed by atoms with Crippen LogP contribution in [0.15, 0.2) is 30.5 Å². The SMILES string of the molecule is Cc1c(CC(=O)Nc2ncc(C(C)C)s2)sc2ccccc12. The lowest BCUT2D eigenvalue weighted by atomic mass is 10.1. The van der Waals surface area contributed by atoms with Crippen LogP contribution in [0, 0.1) is 6.92 Å². The number of thiazole rings is 1. The highest BCUT2D eigenvalue weighted by Gasteiger charge is 2.13. The second-order valence-electron chi connectivity index (χ2n) is 5.59. The van der Waals surface area contributed by atoms with Gasteiger partial charge in [0.05, 0.1) is 6.42 Å². The van der Waals surface area contributed by atoms with Crippen molar-refractivity contribution < 1.29 is 4.79 Å². The molecule has 3 aromatic rings. The highest BCUT2D eigenvalue weighted by Crippen LogP contribution is 2.31. The number of fused-ring (bicyclic) bond motifs is 1. The first-order chi connectivity index (χ1) is 10.5. The second-order valence-corrected chi connectivity index (χ2v) is 7.79. The van der Waals surface area contributed by atoms with Crippen LogP contribution in [-0.4, -0.2) is 10.9 Å². The van der Waals surface area contributed by atoms with Gasteiger partial charge in [-0.25, -0.2) is 4.98 Å². The molecule has 0 aliphatic carbocycles. The fourth-order valence-electron chi connectivity index (χ4n) is 2.31. The zero-order valence-corrected chi connectivity index (χ0v) is 14.5. The van der Waals surface area contributed by atoms with E-state index < -0.39 is 0 Å². The van der Waals surface area contributed by atoms with Gasteiger partial charge in [0.2, 0.25) is 5.91 Å². The third-order valence-electron chi connectivity index (χ3n) is 3.60. The number of anilines is 1. The smallest absolute Gasteiger partial charge is 0.231 e. The molecule has 2 heterocycles. The lowest BCUT2D eigenvalue weighted by Crippen LogP contribution is -2.13. The molecule has 0 aliphatic heterocycles. The summed E-state index contributed by atoms with van der Waals surface area (Å²) in [5, 5.41) is 4.84. The van der Waals surface area contributed by atoms with Gasteiger partial charge >= 0.3 is 0 Å². The quantitative estimate of drug-likeness (QED) is 0.734. The number of benzene rings is 1. The van der Waals surface area contributed by atoms with Crippen LogP contribution in [0.5, 0.6) is 0 Å². The summed E-state index contributed by atoms with van der Waals surface area (Å²) in [6, 6.07) is 8.28. The minimum atomic E-state index is -0.000637. The Morgan fingerprint density at radius 2 is 2.05 bits per heavy atom. The van der Waals surface area contributed by atoms with Crippen LogP contribution in [0.3, 0.4) is 0 Å². The molecule has 5 heteroatoms. The summed E-state index contributed by atoms with van der Waals surface area (Å²) in [5.41, 5.74) is 1.21. The number of nitrogens with zero attached hydrogens (tertiary/aromatic N) is 1. The normalized spacial score (nSPS) is 11.3. The lowest BCUT2D eigenvalue weighted by molar-refractivity contribution is -0.115. The predicted octanol–water partition coefficient (Wildman–Crippen LogP) is 4.97. The summed E-state index contributed by atoms with van der Waals surface area (Å²) in [4.78, 5) is 18.8. The number of thiophene rings is 1. The van der Waals surface area contributed by atoms with Gasteiger partial charge in [0, 0.05) is 20.7 Å². The van der Waals surface area contributed by atoms with E-state index in [9.17, 15) is 4.79 Å². The van der Waals surface area contributed by atoms with Crippen LogP contribution in [0.25, 0.3) is 10.1 Å². The number of nitrogens with one attached hydrogen (secondary N) is 1. The van der Waals surface area contributed by atoms with Crippen molar-refractivity contribution in [3.63, 3.8) is 0 Å². The Balaban J connectivity index is 1.74. The number of aryl methyl sites for hydroxylation is 1. The fourth-order valence-corrected chi connectivity index (χ4v) is 4.36. The van der Waals surface area contributed by atoms with E-state index in [1.165, 1.54) is 20.5 Å². The van der Waals surface area contributed by atoms with Crippen LogP contribution < -0.4 is 5.32 Å². The van der Waals surface area contributed by atoms with Crippen molar-refractivity contribution in [2.75, 3.05) is 5.32 Å². The van der Waals surface area contributed by atoms with Crippen LogP contribution in [0.4, 0.5) is 5.13 Å². The Kier molecular flexibility index (Phi) is 4.27. The number of hydrogen-bond acceptors (Lipinski definition) is 4. The highest BCUT2D eigenvalue weighted by molar-refractivity contribution is 7.19. The van der Waals surface area contributed by atoms with Crippen LogP contribution in [-0.2, 0) is 11.2 Å². The maximum Gasteiger partial charge on any atom is 0.231 e. The molecule has 2 aromatic heterocycles. The molecule has 3 rings (SSSR count). The molecule has 0 aliphatic rings. The van der Waals surface area contributed by atoms with Crippen molar-refractivity contribution in [2.45, 2.75) is 33.1 Å². The van der Waals surface area contributed by atoms with Crippen molar-refractivity contribution in [1.82, 2.24) is 4.98 Å². The second kappa shape index (κ2) is 6.18. The third-order valence-corrected chi connectivity index (χ3v) is 6.09. The van der Waals surface area contributed by atoms with Gasteiger partial charge in [0.15, 0.2) is 5.13 Å². The lowest BCUT2D eigenvalue weighted by Gasteiger charge is -2.01. The topological polar surface area (TPSA) is 42.0 Å².